The number of halogens is 2. The van der Waals surface area contributed by atoms with Crippen molar-refractivity contribution in [1.29, 1.82) is 0 Å². The van der Waals surface area contributed by atoms with Gasteiger partial charge in [0.05, 0.1) is 5.75 Å². The van der Waals surface area contributed by atoms with Crippen LogP contribution in [0.3, 0.4) is 0 Å². The fourth-order valence-corrected chi connectivity index (χ4v) is 2.24. The molecule has 2 aromatic rings. The van der Waals surface area contributed by atoms with Crippen molar-refractivity contribution in [3.63, 3.8) is 0 Å². The summed E-state index contributed by atoms with van der Waals surface area (Å²) >= 11 is 1.08. The second kappa shape index (κ2) is 5.85. The van der Waals surface area contributed by atoms with Gasteiger partial charge in [0.15, 0.2) is 5.76 Å². The first-order chi connectivity index (χ1) is 9.10. The van der Waals surface area contributed by atoms with Gasteiger partial charge in [-0.3, -0.25) is 10.2 Å². The molecule has 0 aliphatic rings. The second-order valence-electron chi connectivity index (χ2n) is 3.60. The summed E-state index contributed by atoms with van der Waals surface area (Å²) in [5.41, 5.74) is 1.94. The third-order valence-electron chi connectivity index (χ3n) is 2.28. The molecule has 0 aliphatic carbocycles. The normalized spacial score (nSPS) is 10.5. The number of carbonyl (C=O) groups excluding carboxylic acids is 1. The number of nitrogens with two attached hydrogens (primary N) is 1. The number of hydrogen-bond donors (Lipinski definition) is 2. The molecule has 0 unspecified atom stereocenters. The minimum atomic E-state index is -0.548. The lowest BCUT2D eigenvalue weighted by Gasteiger charge is -2.01. The molecular formula is C12H10F2N2O2S. The predicted octanol–water partition coefficient (Wildman–Crippen LogP) is 2.45. The van der Waals surface area contributed by atoms with Gasteiger partial charge >= 0.3 is 5.91 Å². The molecule has 0 saturated heterocycles. The van der Waals surface area contributed by atoms with E-state index in [0.717, 1.165) is 30.0 Å². The SMILES string of the molecule is NNC(=O)c1ccc(CSc2cc(F)ccc2F)o1. The van der Waals surface area contributed by atoms with Crippen molar-refractivity contribution < 1.29 is 18.0 Å². The Labute approximate surface area is 111 Å². The molecule has 0 spiro atoms. The summed E-state index contributed by atoms with van der Waals surface area (Å²) in [5, 5.41) is 0. The van der Waals surface area contributed by atoms with Crippen LogP contribution in [0.4, 0.5) is 8.78 Å². The largest absolute Gasteiger partial charge is 0.455 e. The molecule has 1 heterocycles. The average molecular weight is 284 g/mol. The smallest absolute Gasteiger partial charge is 0.300 e. The lowest BCUT2D eigenvalue weighted by molar-refractivity contribution is 0.0924. The van der Waals surface area contributed by atoms with E-state index in [1.54, 1.807) is 6.07 Å². The molecule has 2 rings (SSSR count). The Morgan fingerprint density at radius 1 is 1.32 bits per heavy atom. The quantitative estimate of drug-likeness (QED) is 0.392. The maximum absolute atomic E-state index is 13.4. The number of furan rings is 1. The lowest BCUT2D eigenvalue weighted by Crippen LogP contribution is -2.29. The molecule has 3 N–H and O–H groups in total. The van der Waals surface area contributed by atoms with Crippen LogP contribution in [-0.4, -0.2) is 5.91 Å². The Morgan fingerprint density at radius 2 is 2.11 bits per heavy atom. The van der Waals surface area contributed by atoms with Crippen LogP contribution < -0.4 is 11.3 Å². The van der Waals surface area contributed by atoms with E-state index in [2.05, 4.69) is 0 Å². The molecule has 1 aromatic heterocycles. The summed E-state index contributed by atoms with van der Waals surface area (Å²) in [4.78, 5) is 11.3. The van der Waals surface area contributed by atoms with Crippen molar-refractivity contribution in [3.8, 4) is 0 Å². The first-order valence-electron chi connectivity index (χ1n) is 5.27. The summed E-state index contributed by atoms with van der Waals surface area (Å²) in [6.45, 7) is 0. The van der Waals surface area contributed by atoms with Crippen molar-refractivity contribution in [2.45, 2.75) is 10.6 Å². The van der Waals surface area contributed by atoms with Crippen LogP contribution in [0.1, 0.15) is 16.3 Å². The molecule has 0 saturated carbocycles. The zero-order valence-electron chi connectivity index (χ0n) is 9.65. The molecule has 19 heavy (non-hydrogen) atoms. The highest BCUT2D eigenvalue weighted by Gasteiger charge is 2.11. The third kappa shape index (κ3) is 3.33. The third-order valence-corrected chi connectivity index (χ3v) is 3.33. The van der Waals surface area contributed by atoms with Crippen LogP contribution in [0.25, 0.3) is 0 Å². The minimum absolute atomic E-state index is 0.0674. The molecule has 0 bridgehead atoms. The maximum Gasteiger partial charge on any atom is 0.300 e. The van der Waals surface area contributed by atoms with Crippen LogP contribution >= 0.6 is 11.8 Å². The van der Waals surface area contributed by atoms with Crippen molar-refractivity contribution in [2.24, 2.45) is 5.84 Å². The predicted molar refractivity (Wildman–Crippen MR) is 66.3 cm³/mol. The standard InChI is InChI=1S/C12H10F2N2O2S/c13-7-1-3-9(14)11(5-7)19-6-8-2-4-10(18-8)12(17)16-15/h1-5H,6,15H2,(H,16,17). The average Bonchev–Trinajstić information content (AvgIpc) is 2.88. The van der Waals surface area contributed by atoms with E-state index in [4.69, 9.17) is 10.3 Å². The fraction of sp³-hybridized carbons (Fsp3) is 0.0833. The molecule has 1 aromatic carbocycles. The van der Waals surface area contributed by atoms with Crippen molar-refractivity contribution in [2.75, 3.05) is 0 Å². The van der Waals surface area contributed by atoms with E-state index in [9.17, 15) is 13.6 Å². The van der Waals surface area contributed by atoms with E-state index in [1.807, 2.05) is 5.43 Å². The van der Waals surface area contributed by atoms with E-state index >= 15 is 0 Å². The monoisotopic (exact) mass is 284 g/mol. The van der Waals surface area contributed by atoms with Crippen molar-refractivity contribution in [3.05, 3.63) is 53.5 Å². The van der Waals surface area contributed by atoms with Gasteiger partial charge < -0.3 is 4.42 Å². The molecule has 0 fully saturated rings. The highest BCUT2D eigenvalue weighted by molar-refractivity contribution is 7.98. The Bertz CT molecular complexity index is 601. The van der Waals surface area contributed by atoms with Gasteiger partial charge in [0.25, 0.3) is 0 Å². The molecule has 0 atom stereocenters. The van der Waals surface area contributed by atoms with E-state index in [1.165, 1.54) is 6.07 Å². The molecule has 0 radical (unpaired) electrons. The van der Waals surface area contributed by atoms with E-state index < -0.39 is 17.5 Å². The number of hydrazine groups is 1. The molecule has 7 heteroatoms. The first kappa shape index (κ1) is 13.6. The summed E-state index contributed by atoms with van der Waals surface area (Å²) in [5.74, 6) is 4.21. The molecular weight excluding hydrogens is 274 g/mol. The summed E-state index contributed by atoms with van der Waals surface area (Å²) in [6.07, 6.45) is 0. The summed E-state index contributed by atoms with van der Waals surface area (Å²) in [7, 11) is 0. The first-order valence-corrected chi connectivity index (χ1v) is 6.26. The zero-order valence-corrected chi connectivity index (χ0v) is 10.5. The molecule has 100 valence electrons. The Morgan fingerprint density at radius 3 is 2.84 bits per heavy atom. The van der Waals surface area contributed by atoms with Crippen LogP contribution in [-0.2, 0) is 5.75 Å². The Balaban J connectivity index is 2.04. The zero-order chi connectivity index (χ0) is 13.8. The van der Waals surface area contributed by atoms with Crippen LogP contribution in [0.5, 0.6) is 0 Å². The van der Waals surface area contributed by atoms with Crippen molar-refractivity contribution >= 4 is 17.7 Å². The lowest BCUT2D eigenvalue weighted by atomic mass is 10.3. The van der Waals surface area contributed by atoms with Gasteiger partial charge in [-0.1, -0.05) is 0 Å². The van der Waals surface area contributed by atoms with Gasteiger partial charge in [0.2, 0.25) is 0 Å². The highest BCUT2D eigenvalue weighted by atomic mass is 32.2. The van der Waals surface area contributed by atoms with Gasteiger partial charge in [-0.15, -0.1) is 11.8 Å². The summed E-state index contributed by atoms with van der Waals surface area (Å²) in [6, 6.07) is 6.26. The van der Waals surface area contributed by atoms with Crippen molar-refractivity contribution in [1.82, 2.24) is 5.43 Å². The van der Waals surface area contributed by atoms with Gasteiger partial charge in [-0.2, -0.15) is 0 Å². The maximum atomic E-state index is 13.4. The Hall–Kier alpha value is -1.86. The van der Waals surface area contributed by atoms with Gasteiger partial charge in [-0.25, -0.2) is 14.6 Å². The van der Waals surface area contributed by atoms with Gasteiger partial charge in [-0.05, 0) is 30.3 Å². The number of nitrogen functional groups attached to an aromatic ring is 1. The van der Waals surface area contributed by atoms with Crippen LogP contribution in [0.2, 0.25) is 0 Å². The van der Waals surface area contributed by atoms with Gasteiger partial charge in [0.1, 0.15) is 17.4 Å². The number of thioether (sulfide) groups is 1. The number of carbonyl (C=O) groups is 1. The van der Waals surface area contributed by atoms with Crippen LogP contribution in [0.15, 0.2) is 39.6 Å². The molecule has 1 amide bonds. The topological polar surface area (TPSA) is 68.3 Å². The molecule has 4 nitrogen and oxygen atoms in total. The van der Waals surface area contributed by atoms with Crippen LogP contribution in [0, 0.1) is 11.6 Å². The number of benzene rings is 1. The van der Waals surface area contributed by atoms with E-state index in [-0.39, 0.29) is 16.4 Å². The highest BCUT2D eigenvalue weighted by Crippen LogP contribution is 2.26. The number of nitrogens with one attached hydrogen (secondary N) is 1. The molecule has 0 aliphatic heterocycles. The summed E-state index contributed by atoms with van der Waals surface area (Å²) < 4.78 is 31.5. The van der Waals surface area contributed by atoms with Gasteiger partial charge in [0, 0.05) is 4.90 Å². The number of hydrogen-bond acceptors (Lipinski definition) is 4. The number of rotatable bonds is 4. The minimum Gasteiger partial charge on any atom is -0.455 e. The number of amides is 1. The Kier molecular flexibility index (Phi) is 4.18. The van der Waals surface area contributed by atoms with E-state index in [0.29, 0.717) is 5.76 Å². The second-order valence-corrected chi connectivity index (χ2v) is 4.62. The fourth-order valence-electron chi connectivity index (χ4n) is 1.39.